The van der Waals surface area contributed by atoms with Gasteiger partial charge < -0.3 is 10.4 Å². The third-order valence-electron chi connectivity index (χ3n) is 3.12. The lowest BCUT2D eigenvalue weighted by Crippen LogP contribution is -2.32. The van der Waals surface area contributed by atoms with Crippen molar-refractivity contribution in [3.8, 4) is 0 Å². The fourth-order valence-corrected chi connectivity index (χ4v) is 2.22. The van der Waals surface area contributed by atoms with Crippen LogP contribution in [0.4, 0.5) is 0 Å². The standard InChI is InChI=1S/C15H18N2O3/c18-14-11-17(8-2-7-16-14)10-13-4-1-3-12(9-13)5-6-15(19)20/h1,3-6,9H,2,7-8,10-11H2,(H,16,18)(H,19,20). The summed E-state index contributed by atoms with van der Waals surface area (Å²) in [4.78, 5) is 24.1. The minimum absolute atomic E-state index is 0.0597. The zero-order valence-electron chi connectivity index (χ0n) is 11.2. The molecule has 1 aliphatic rings. The average molecular weight is 274 g/mol. The number of nitrogens with one attached hydrogen (secondary N) is 1. The van der Waals surface area contributed by atoms with E-state index in [0.717, 1.165) is 36.7 Å². The van der Waals surface area contributed by atoms with Gasteiger partial charge >= 0.3 is 5.97 Å². The number of carbonyl (C=O) groups is 2. The summed E-state index contributed by atoms with van der Waals surface area (Å²) in [5.74, 6) is -0.899. The normalized spacial score (nSPS) is 16.9. The van der Waals surface area contributed by atoms with Gasteiger partial charge in [-0.05, 0) is 23.6 Å². The fraction of sp³-hybridized carbons (Fsp3) is 0.333. The predicted octanol–water partition coefficient (Wildman–Crippen LogP) is 1.11. The largest absolute Gasteiger partial charge is 0.478 e. The van der Waals surface area contributed by atoms with Crippen LogP contribution in [0.1, 0.15) is 17.5 Å². The predicted molar refractivity (Wildman–Crippen MR) is 76.0 cm³/mol. The van der Waals surface area contributed by atoms with Crippen molar-refractivity contribution >= 4 is 18.0 Å². The lowest BCUT2D eigenvalue weighted by Gasteiger charge is -2.18. The van der Waals surface area contributed by atoms with E-state index >= 15 is 0 Å². The molecule has 1 amide bonds. The second-order valence-corrected chi connectivity index (χ2v) is 4.83. The maximum Gasteiger partial charge on any atom is 0.328 e. The smallest absolute Gasteiger partial charge is 0.328 e. The fourth-order valence-electron chi connectivity index (χ4n) is 2.22. The Bertz CT molecular complexity index is 526. The summed E-state index contributed by atoms with van der Waals surface area (Å²) in [5.41, 5.74) is 1.93. The molecular formula is C15H18N2O3. The molecule has 1 saturated heterocycles. The maximum atomic E-state index is 11.5. The highest BCUT2D eigenvalue weighted by Gasteiger charge is 2.14. The Kier molecular flexibility index (Phi) is 4.90. The van der Waals surface area contributed by atoms with E-state index in [1.165, 1.54) is 0 Å². The molecule has 5 heteroatoms. The number of carboxylic acids is 1. The van der Waals surface area contributed by atoms with E-state index in [1.807, 2.05) is 24.3 Å². The van der Waals surface area contributed by atoms with Crippen molar-refractivity contribution < 1.29 is 14.7 Å². The van der Waals surface area contributed by atoms with Crippen LogP contribution in [0, 0.1) is 0 Å². The molecule has 2 N–H and O–H groups in total. The van der Waals surface area contributed by atoms with E-state index in [2.05, 4.69) is 10.2 Å². The molecule has 2 rings (SSSR count). The molecule has 0 saturated carbocycles. The van der Waals surface area contributed by atoms with Gasteiger partial charge in [0.15, 0.2) is 0 Å². The van der Waals surface area contributed by atoms with Crippen LogP contribution in [0.25, 0.3) is 6.08 Å². The van der Waals surface area contributed by atoms with Crippen LogP contribution in [0.15, 0.2) is 30.3 Å². The summed E-state index contributed by atoms with van der Waals surface area (Å²) in [7, 11) is 0. The second kappa shape index (κ2) is 6.86. The molecule has 1 fully saturated rings. The number of carbonyl (C=O) groups excluding carboxylic acids is 1. The van der Waals surface area contributed by atoms with Gasteiger partial charge in [-0.2, -0.15) is 0 Å². The van der Waals surface area contributed by atoms with Crippen LogP contribution >= 0.6 is 0 Å². The highest BCUT2D eigenvalue weighted by atomic mass is 16.4. The molecule has 0 aliphatic carbocycles. The van der Waals surface area contributed by atoms with Crippen molar-refractivity contribution in [2.45, 2.75) is 13.0 Å². The van der Waals surface area contributed by atoms with Gasteiger partial charge in [0.05, 0.1) is 6.54 Å². The Morgan fingerprint density at radius 3 is 3.10 bits per heavy atom. The van der Waals surface area contributed by atoms with Gasteiger partial charge in [0.25, 0.3) is 0 Å². The Balaban J connectivity index is 2.03. The van der Waals surface area contributed by atoms with E-state index in [9.17, 15) is 9.59 Å². The number of nitrogens with zero attached hydrogens (tertiary/aromatic N) is 1. The molecule has 106 valence electrons. The Labute approximate surface area is 117 Å². The number of amides is 1. The van der Waals surface area contributed by atoms with Gasteiger partial charge in [0.1, 0.15) is 0 Å². The minimum Gasteiger partial charge on any atom is -0.478 e. The molecule has 0 bridgehead atoms. The van der Waals surface area contributed by atoms with E-state index in [-0.39, 0.29) is 5.91 Å². The SMILES string of the molecule is O=C(O)C=Cc1cccc(CN2CCCNC(=O)C2)c1. The van der Waals surface area contributed by atoms with Crippen LogP contribution in [0.3, 0.4) is 0 Å². The highest BCUT2D eigenvalue weighted by Crippen LogP contribution is 2.11. The molecule has 1 heterocycles. The first-order valence-electron chi connectivity index (χ1n) is 6.62. The van der Waals surface area contributed by atoms with Gasteiger partial charge in [-0.25, -0.2) is 4.79 Å². The van der Waals surface area contributed by atoms with Gasteiger partial charge in [-0.3, -0.25) is 9.69 Å². The first kappa shape index (κ1) is 14.3. The van der Waals surface area contributed by atoms with Crippen molar-refractivity contribution in [1.82, 2.24) is 10.2 Å². The molecule has 0 spiro atoms. The topological polar surface area (TPSA) is 69.6 Å². The Morgan fingerprint density at radius 1 is 1.45 bits per heavy atom. The maximum absolute atomic E-state index is 11.5. The van der Waals surface area contributed by atoms with E-state index in [0.29, 0.717) is 13.1 Å². The number of aliphatic carboxylic acids is 1. The number of rotatable bonds is 4. The zero-order valence-corrected chi connectivity index (χ0v) is 11.2. The highest BCUT2D eigenvalue weighted by molar-refractivity contribution is 5.85. The van der Waals surface area contributed by atoms with Crippen molar-refractivity contribution in [3.63, 3.8) is 0 Å². The van der Waals surface area contributed by atoms with Crippen molar-refractivity contribution in [3.05, 3.63) is 41.5 Å². The molecule has 0 radical (unpaired) electrons. The molecule has 1 aliphatic heterocycles. The molecule has 5 nitrogen and oxygen atoms in total. The van der Waals surface area contributed by atoms with Gasteiger partial charge in [0, 0.05) is 25.7 Å². The van der Waals surface area contributed by atoms with Crippen molar-refractivity contribution in [1.29, 1.82) is 0 Å². The minimum atomic E-state index is -0.959. The first-order chi connectivity index (χ1) is 9.63. The molecule has 0 atom stereocenters. The second-order valence-electron chi connectivity index (χ2n) is 4.83. The lowest BCUT2D eigenvalue weighted by molar-refractivity contribution is -0.131. The number of carboxylic acid groups (broad SMARTS) is 1. The summed E-state index contributed by atoms with van der Waals surface area (Å²) < 4.78 is 0. The zero-order chi connectivity index (χ0) is 14.4. The lowest BCUT2D eigenvalue weighted by atomic mass is 10.1. The number of hydrogen-bond donors (Lipinski definition) is 2. The van der Waals surface area contributed by atoms with Crippen molar-refractivity contribution in [2.75, 3.05) is 19.6 Å². The Morgan fingerprint density at radius 2 is 2.30 bits per heavy atom. The number of benzene rings is 1. The van der Waals surface area contributed by atoms with Gasteiger partial charge in [-0.15, -0.1) is 0 Å². The third-order valence-corrected chi connectivity index (χ3v) is 3.12. The quantitative estimate of drug-likeness (QED) is 0.807. The van der Waals surface area contributed by atoms with Crippen molar-refractivity contribution in [2.24, 2.45) is 0 Å². The van der Waals surface area contributed by atoms with E-state index in [1.54, 1.807) is 6.08 Å². The third kappa shape index (κ3) is 4.51. The molecule has 20 heavy (non-hydrogen) atoms. The molecule has 0 aromatic heterocycles. The summed E-state index contributed by atoms with van der Waals surface area (Å²) in [5, 5.41) is 11.5. The monoisotopic (exact) mass is 274 g/mol. The van der Waals surface area contributed by atoms with Crippen LogP contribution in [0.2, 0.25) is 0 Å². The molecular weight excluding hydrogens is 256 g/mol. The molecule has 1 aromatic carbocycles. The number of hydrogen-bond acceptors (Lipinski definition) is 3. The van der Waals surface area contributed by atoms with E-state index in [4.69, 9.17) is 5.11 Å². The Hall–Kier alpha value is -2.14. The molecule has 0 unspecified atom stereocenters. The van der Waals surface area contributed by atoms with Crippen LogP contribution in [0.5, 0.6) is 0 Å². The van der Waals surface area contributed by atoms with Crippen LogP contribution < -0.4 is 5.32 Å². The van der Waals surface area contributed by atoms with Gasteiger partial charge in [0.2, 0.25) is 5.91 Å². The molecule has 1 aromatic rings. The average Bonchev–Trinajstić information content (AvgIpc) is 2.61. The first-order valence-corrected chi connectivity index (χ1v) is 6.62. The summed E-state index contributed by atoms with van der Waals surface area (Å²) in [6, 6.07) is 7.69. The summed E-state index contributed by atoms with van der Waals surface area (Å²) >= 11 is 0. The van der Waals surface area contributed by atoms with Crippen LogP contribution in [-0.4, -0.2) is 41.5 Å². The van der Waals surface area contributed by atoms with Gasteiger partial charge in [-0.1, -0.05) is 24.3 Å². The van der Waals surface area contributed by atoms with Crippen LogP contribution in [-0.2, 0) is 16.1 Å². The van der Waals surface area contributed by atoms with E-state index < -0.39 is 5.97 Å². The summed E-state index contributed by atoms with van der Waals surface area (Å²) in [6.07, 6.45) is 3.64. The summed E-state index contributed by atoms with van der Waals surface area (Å²) in [6.45, 7) is 2.72.